The van der Waals surface area contributed by atoms with Gasteiger partial charge in [-0.3, -0.25) is 0 Å². The minimum absolute atomic E-state index is 0.121. The zero-order valence-corrected chi connectivity index (χ0v) is 11.6. The fourth-order valence-corrected chi connectivity index (χ4v) is 2.91. The Morgan fingerprint density at radius 3 is 1.94 bits per heavy atom. The minimum Gasteiger partial charge on any atom is -0.497 e. The Bertz CT molecular complexity index is 417. The molecule has 3 heteroatoms. The summed E-state index contributed by atoms with van der Waals surface area (Å²) >= 11 is 0. The maximum absolute atomic E-state index is 11.0. The lowest BCUT2D eigenvalue weighted by Gasteiger charge is -2.37. The summed E-state index contributed by atoms with van der Waals surface area (Å²) < 4.78 is 10.6. The van der Waals surface area contributed by atoms with E-state index in [9.17, 15) is 5.11 Å². The van der Waals surface area contributed by atoms with Gasteiger partial charge in [0.15, 0.2) is 0 Å². The van der Waals surface area contributed by atoms with E-state index in [4.69, 9.17) is 9.47 Å². The van der Waals surface area contributed by atoms with Crippen LogP contribution in [0.1, 0.15) is 38.7 Å². The molecule has 0 bridgehead atoms. The van der Waals surface area contributed by atoms with Crippen molar-refractivity contribution < 1.29 is 14.6 Å². The SMILES string of the molecule is COc1cc(OC)cc(C2(O)CCCC2(C)C)c1. The molecule has 0 radical (unpaired) electrons. The zero-order chi connectivity index (χ0) is 13.4. The van der Waals surface area contributed by atoms with E-state index in [0.29, 0.717) is 0 Å². The summed E-state index contributed by atoms with van der Waals surface area (Å²) in [4.78, 5) is 0. The largest absolute Gasteiger partial charge is 0.497 e. The minimum atomic E-state index is -0.797. The average molecular weight is 250 g/mol. The van der Waals surface area contributed by atoms with Gasteiger partial charge in [0.2, 0.25) is 0 Å². The molecule has 1 saturated carbocycles. The third kappa shape index (κ3) is 1.97. The van der Waals surface area contributed by atoms with Gasteiger partial charge < -0.3 is 14.6 Å². The Labute approximate surface area is 109 Å². The van der Waals surface area contributed by atoms with Crippen LogP contribution in [0.5, 0.6) is 11.5 Å². The van der Waals surface area contributed by atoms with Crippen LogP contribution in [0.4, 0.5) is 0 Å². The van der Waals surface area contributed by atoms with Gasteiger partial charge in [0.1, 0.15) is 11.5 Å². The van der Waals surface area contributed by atoms with Crippen LogP contribution in [0.2, 0.25) is 0 Å². The molecule has 1 aromatic rings. The highest BCUT2D eigenvalue weighted by atomic mass is 16.5. The van der Waals surface area contributed by atoms with Crippen LogP contribution in [0.3, 0.4) is 0 Å². The van der Waals surface area contributed by atoms with Crippen molar-refractivity contribution >= 4 is 0 Å². The Hall–Kier alpha value is -1.22. The molecule has 1 fully saturated rings. The number of rotatable bonds is 3. The van der Waals surface area contributed by atoms with Crippen LogP contribution < -0.4 is 9.47 Å². The Morgan fingerprint density at radius 1 is 1.00 bits per heavy atom. The topological polar surface area (TPSA) is 38.7 Å². The Kier molecular flexibility index (Phi) is 3.28. The molecule has 100 valence electrons. The van der Waals surface area contributed by atoms with E-state index in [2.05, 4.69) is 13.8 Å². The zero-order valence-electron chi connectivity index (χ0n) is 11.6. The summed E-state index contributed by atoms with van der Waals surface area (Å²) in [5, 5.41) is 11.0. The lowest BCUT2D eigenvalue weighted by molar-refractivity contribution is -0.0487. The van der Waals surface area contributed by atoms with Gasteiger partial charge in [0.05, 0.1) is 19.8 Å². The second kappa shape index (κ2) is 4.47. The molecule has 0 heterocycles. The van der Waals surface area contributed by atoms with Gasteiger partial charge in [-0.2, -0.15) is 0 Å². The summed E-state index contributed by atoms with van der Waals surface area (Å²) in [6.45, 7) is 4.23. The first-order chi connectivity index (χ1) is 8.43. The molecule has 1 aliphatic rings. The Morgan fingerprint density at radius 2 is 1.56 bits per heavy atom. The van der Waals surface area contributed by atoms with Crippen LogP contribution in [-0.2, 0) is 5.60 Å². The van der Waals surface area contributed by atoms with Crippen molar-refractivity contribution in [2.75, 3.05) is 14.2 Å². The smallest absolute Gasteiger partial charge is 0.122 e. The second-order valence-corrected chi connectivity index (χ2v) is 5.70. The first kappa shape index (κ1) is 13.2. The van der Waals surface area contributed by atoms with Gasteiger partial charge in [-0.05, 0) is 42.4 Å². The molecule has 3 nitrogen and oxygen atoms in total. The van der Waals surface area contributed by atoms with Crippen LogP contribution in [0, 0.1) is 5.41 Å². The molecule has 0 saturated heterocycles. The van der Waals surface area contributed by atoms with Gasteiger partial charge >= 0.3 is 0 Å². The third-order valence-corrected chi connectivity index (χ3v) is 4.29. The van der Waals surface area contributed by atoms with Gasteiger partial charge in [-0.15, -0.1) is 0 Å². The number of hydrogen-bond acceptors (Lipinski definition) is 3. The number of benzene rings is 1. The molecule has 0 spiro atoms. The van der Waals surface area contributed by atoms with Crippen molar-refractivity contribution in [3.63, 3.8) is 0 Å². The van der Waals surface area contributed by atoms with E-state index in [0.717, 1.165) is 36.3 Å². The molecule has 1 unspecified atom stereocenters. The summed E-state index contributed by atoms with van der Waals surface area (Å²) in [5.41, 5.74) is -0.0275. The fourth-order valence-electron chi connectivity index (χ4n) is 2.91. The van der Waals surface area contributed by atoms with Crippen LogP contribution in [0.25, 0.3) is 0 Å². The van der Waals surface area contributed by atoms with E-state index in [1.54, 1.807) is 14.2 Å². The third-order valence-electron chi connectivity index (χ3n) is 4.29. The quantitative estimate of drug-likeness (QED) is 0.896. The molecule has 2 rings (SSSR count). The van der Waals surface area contributed by atoms with Gasteiger partial charge in [0, 0.05) is 6.07 Å². The predicted octanol–water partition coefficient (Wildman–Crippen LogP) is 3.10. The standard InChI is InChI=1S/C15H22O3/c1-14(2)6-5-7-15(14,16)11-8-12(17-3)10-13(9-11)18-4/h8-10,16H,5-7H2,1-4H3. The summed E-state index contributed by atoms with van der Waals surface area (Å²) in [7, 11) is 3.25. The first-order valence-electron chi connectivity index (χ1n) is 6.39. The molecular weight excluding hydrogens is 228 g/mol. The molecule has 0 aromatic heterocycles. The highest BCUT2D eigenvalue weighted by molar-refractivity contribution is 5.42. The molecule has 1 N–H and O–H groups in total. The van der Waals surface area contributed by atoms with Crippen molar-refractivity contribution in [3.05, 3.63) is 23.8 Å². The monoisotopic (exact) mass is 250 g/mol. The fraction of sp³-hybridized carbons (Fsp3) is 0.600. The van der Waals surface area contributed by atoms with Crippen molar-refractivity contribution in [1.82, 2.24) is 0 Å². The second-order valence-electron chi connectivity index (χ2n) is 5.70. The Balaban J connectivity index is 2.50. The van der Waals surface area contributed by atoms with Crippen molar-refractivity contribution in [1.29, 1.82) is 0 Å². The van der Waals surface area contributed by atoms with Gasteiger partial charge in [0.25, 0.3) is 0 Å². The van der Waals surface area contributed by atoms with Crippen molar-refractivity contribution in [3.8, 4) is 11.5 Å². The molecule has 1 atom stereocenters. The summed E-state index contributed by atoms with van der Waals surface area (Å²) in [6.07, 6.45) is 2.86. The summed E-state index contributed by atoms with van der Waals surface area (Å²) in [6, 6.07) is 5.65. The van der Waals surface area contributed by atoms with Gasteiger partial charge in [-0.25, -0.2) is 0 Å². The lowest BCUT2D eigenvalue weighted by Crippen LogP contribution is -2.36. The van der Waals surface area contributed by atoms with Crippen molar-refractivity contribution in [2.45, 2.75) is 38.7 Å². The predicted molar refractivity (Wildman–Crippen MR) is 71.1 cm³/mol. The molecule has 0 amide bonds. The molecule has 1 aliphatic carbocycles. The lowest BCUT2D eigenvalue weighted by atomic mass is 9.73. The molecule has 0 aliphatic heterocycles. The number of methoxy groups -OCH3 is 2. The van der Waals surface area contributed by atoms with E-state index in [-0.39, 0.29) is 5.41 Å². The van der Waals surface area contributed by atoms with E-state index >= 15 is 0 Å². The van der Waals surface area contributed by atoms with E-state index in [1.807, 2.05) is 18.2 Å². The van der Waals surface area contributed by atoms with Gasteiger partial charge in [-0.1, -0.05) is 13.8 Å². The normalized spacial score (nSPS) is 26.1. The van der Waals surface area contributed by atoms with Crippen LogP contribution in [0.15, 0.2) is 18.2 Å². The maximum Gasteiger partial charge on any atom is 0.122 e. The molecule has 18 heavy (non-hydrogen) atoms. The average Bonchev–Trinajstić information content (AvgIpc) is 2.64. The highest BCUT2D eigenvalue weighted by Crippen LogP contribution is 2.53. The van der Waals surface area contributed by atoms with E-state index < -0.39 is 5.60 Å². The maximum atomic E-state index is 11.0. The summed E-state index contributed by atoms with van der Waals surface area (Å²) in [5.74, 6) is 1.45. The van der Waals surface area contributed by atoms with E-state index in [1.165, 1.54) is 0 Å². The van der Waals surface area contributed by atoms with Crippen LogP contribution in [-0.4, -0.2) is 19.3 Å². The molecular formula is C15H22O3. The highest BCUT2D eigenvalue weighted by Gasteiger charge is 2.48. The van der Waals surface area contributed by atoms with Crippen molar-refractivity contribution in [2.24, 2.45) is 5.41 Å². The molecule has 1 aromatic carbocycles. The van der Waals surface area contributed by atoms with Crippen LogP contribution >= 0.6 is 0 Å². The number of hydrogen-bond donors (Lipinski definition) is 1. The first-order valence-corrected chi connectivity index (χ1v) is 6.39. The number of aliphatic hydroxyl groups is 1. The number of ether oxygens (including phenoxy) is 2.